The summed E-state index contributed by atoms with van der Waals surface area (Å²) in [7, 11) is 0. The van der Waals surface area contributed by atoms with E-state index < -0.39 is 24.0 Å². The second-order valence-electron chi connectivity index (χ2n) is 4.88. The van der Waals surface area contributed by atoms with Crippen molar-refractivity contribution in [1.29, 1.82) is 0 Å². The SMILES string of the molecule is C/C=C/C(=O)O[C@@H](C)C(=O)NC(=O)NC1CCCCC1. The number of rotatable bonds is 4. The number of carbonyl (C=O) groups is 3. The Morgan fingerprint density at radius 3 is 2.45 bits per heavy atom. The first-order valence-corrected chi connectivity index (χ1v) is 6.97. The first-order valence-electron chi connectivity index (χ1n) is 6.97. The number of imide groups is 1. The fourth-order valence-corrected chi connectivity index (χ4v) is 2.09. The molecule has 112 valence electrons. The molecule has 2 N–H and O–H groups in total. The van der Waals surface area contributed by atoms with Crippen molar-refractivity contribution in [1.82, 2.24) is 10.6 Å². The first-order chi connectivity index (χ1) is 9.52. The molecule has 3 amide bonds. The summed E-state index contributed by atoms with van der Waals surface area (Å²) in [6.45, 7) is 3.09. The number of urea groups is 1. The van der Waals surface area contributed by atoms with Gasteiger partial charge in [-0.05, 0) is 26.7 Å². The van der Waals surface area contributed by atoms with Gasteiger partial charge in [0.25, 0.3) is 5.91 Å². The van der Waals surface area contributed by atoms with E-state index in [4.69, 9.17) is 4.74 Å². The largest absolute Gasteiger partial charge is 0.449 e. The van der Waals surface area contributed by atoms with Gasteiger partial charge in [-0.2, -0.15) is 0 Å². The van der Waals surface area contributed by atoms with Crippen molar-refractivity contribution in [3.63, 3.8) is 0 Å². The lowest BCUT2D eigenvalue weighted by atomic mass is 9.96. The van der Waals surface area contributed by atoms with Crippen molar-refractivity contribution < 1.29 is 19.1 Å². The van der Waals surface area contributed by atoms with Crippen molar-refractivity contribution in [2.75, 3.05) is 0 Å². The Kier molecular flexibility index (Phi) is 6.76. The zero-order valence-electron chi connectivity index (χ0n) is 12.0. The van der Waals surface area contributed by atoms with Crippen LogP contribution in [0.25, 0.3) is 0 Å². The van der Waals surface area contributed by atoms with E-state index in [0.717, 1.165) is 25.7 Å². The Morgan fingerprint density at radius 2 is 1.85 bits per heavy atom. The van der Waals surface area contributed by atoms with Crippen molar-refractivity contribution in [3.8, 4) is 0 Å². The first kappa shape index (κ1) is 16.2. The fraction of sp³-hybridized carbons (Fsp3) is 0.643. The Hall–Kier alpha value is -1.85. The van der Waals surface area contributed by atoms with Crippen molar-refractivity contribution in [2.24, 2.45) is 0 Å². The molecule has 1 aliphatic carbocycles. The summed E-state index contributed by atoms with van der Waals surface area (Å²) in [6, 6.07) is -0.409. The van der Waals surface area contributed by atoms with Crippen LogP contribution in [0.1, 0.15) is 46.0 Å². The summed E-state index contributed by atoms with van der Waals surface area (Å²) in [4.78, 5) is 34.5. The number of amides is 3. The number of nitrogens with one attached hydrogen (secondary N) is 2. The molecule has 1 fully saturated rings. The fourth-order valence-electron chi connectivity index (χ4n) is 2.09. The number of hydrogen-bond donors (Lipinski definition) is 2. The Balaban J connectivity index is 2.32. The molecular weight excluding hydrogens is 260 g/mol. The molecule has 6 heteroatoms. The lowest BCUT2D eigenvalue weighted by Gasteiger charge is -2.23. The van der Waals surface area contributed by atoms with Gasteiger partial charge >= 0.3 is 12.0 Å². The zero-order chi connectivity index (χ0) is 15.0. The summed E-state index contributed by atoms with van der Waals surface area (Å²) in [6.07, 6.45) is 6.98. The molecule has 1 saturated carbocycles. The molecule has 0 radical (unpaired) electrons. The average Bonchev–Trinajstić information content (AvgIpc) is 2.39. The number of hydrogen-bond acceptors (Lipinski definition) is 4. The highest BCUT2D eigenvalue weighted by Gasteiger charge is 2.21. The van der Waals surface area contributed by atoms with Crippen LogP contribution >= 0.6 is 0 Å². The third-order valence-corrected chi connectivity index (χ3v) is 3.14. The molecule has 0 spiro atoms. The van der Waals surface area contributed by atoms with Gasteiger partial charge in [0, 0.05) is 12.1 Å². The molecule has 0 aliphatic heterocycles. The molecular formula is C14H22N2O4. The molecule has 20 heavy (non-hydrogen) atoms. The monoisotopic (exact) mass is 282 g/mol. The van der Waals surface area contributed by atoms with Crippen LogP contribution in [0.2, 0.25) is 0 Å². The van der Waals surface area contributed by atoms with Gasteiger partial charge in [-0.15, -0.1) is 0 Å². The maximum atomic E-state index is 11.7. The predicted molar refractivity (Wildman–Crippen MR) is 73.9 cm³/mol. The molecule has 0 bridgehead atoms. The molecule has 0 heterocycles. The van der Waals surface area contributed by atoms with E-state index in [1.807, 2.05) is 0 Å². The van der Waals surface area contributed by atoms with Gasteiger partial charge in [0.15, 0.2) is 6.10 Å². The molecule has 0 aromatic carbocycles. The number of allylic oxidation sites excluding steroid dienone is 1. The highest BCUT2D eigenvalue weighted by atomic mass is 16.5. The van der Waals surface area contributed by atoms with Gasteiger partial charge in [-0.1, -0.05) is 25.3 Å². The van der Waals surface area contributed by atoms with Crippen LogP contribution in [0, 0.1) is 0 Å². The van der Waals surface area contributed by atoms with Crippen molar-refractivity contribution in [2.45, 2.75) is 58.1 Å². The highest BCUT2D eigenvalue weighted by molar-refractivity contribution is 5.97. The molecule has 1 atom stereocenters. The molecule has 1 aliphatic rings. The van der Waals surface area contributed by atoms with E-state index in [2.05, 4.69) is 10.6 Å². The van der Waals surface area contributed by atoms with Gasteiger partial charge in [0.05, 0.1) is 0 Å². The molecule has 0 saturated heterocycles. The Labute approximate surface area is 118 Å². The summed E-state index contributed by atoms with van der Waals surface area (Å²) in [5.74, 6) is -1.24. The maximum Gasteiger partial charge on any atom is 0.331 e. The lowest BCUT2D eigenvalue weighted by molar-refractivity contribution is -0.149. The van der Waals surface area contributed by atoms with Gasteiger partial charge in [0.2, 0.25) is 0 Å². The standard InChI is InChI=1S/C14H22N2O4/c1-3-7-12(17)20-10(2)13(18)16-14(19)15-11-8-5-4-6-9-11/h3,7,10-11H,4-6,8-9H2,1-2H3,(H2,15,16,18,19)/b7-3+/t10-/m0/s1. The van der Waals surface area contributed by atoms with Gasteiger partial charge < -0.3 is 10.1 Å². The molecule has 0 aromatic rings. The maximum absolute atomic E-state index is 11.7. The summed E-state index contributed by atoms with van der Waals surface area (Å²) in [5.41, 5.74) is 0. The molecule has 0 unspecified atom stereocenters. The van der Waals surface area contributed by atoms with E-state index in [-0.39, 0.29) is 6.04 Å². The van der Waals surface area contributed by atoms with E-state index in [1.54, 1.807) is 6.92 Å². The molecule has 1 rings (SSSR count). The number of ether oxygens (including phenoxy) is 1. The lowest BCUT2D eigenvalue weighted by Crippen LogP contribution is -2.48. The normalized spacial score (nSPS) is 17.5. The van der Waals surface area contributed by atoms with E-state index >= 15 is 0 Å². The Morgan fingerprint density at radius 1 is 1.20 bits per heavy atom. The summed E-state index contributed by atoms with van der Waals surface area (Å²) < 4.78 is 4.83. The minimum atomic E-state index is -1.00. The second kappa shape index (κ2) is 8.35. The van der Waals surface area contributed by atoms with Crippen LogP contribution < -0.4 is 10.6 Å². The number of esters is 1. The van der Waals surface area contributed by atoms with E-state index in [9.17, 15) is 14.4 Å². The van der Waals surface area contributed by atoms with Crippen LogP contribution in [0.5, 0.6) is 0 Å². The van der Waals surface area contributed by atoms with Crippen molar-refractivity contribution in [3.05, 3.63) is 12.2 Å². The van der Waals surface area contributed by atoms with Crippen molar-refractivity contribution >= 4 is 17.9 Å². The van der Waals surface area contributed by atoms with Gasteiger partial charge in [-0.3, -0.25) is 10.1 Å². The van der Waals surface area contributed by atoms with Crippen LogP contribution in [-0.2, 0) is 14.3 Å². The third-order valence-electron chi connectivity index (χ3n) is 3.14. The minimum Gasteiger partial charge on any atom is -0.449 e. The Bertz CT molecular complexity index is 387. The topological polar surface area (TPSA) is 84.5 Å². The smallest absolute Gasteiger partial charge is 0.331 e. The van der Waals surface area contributed by atoms with Crippen LogP contribution in [0.15, 0.2) is 12.2 Å². The van der Waals surface area contributed by atoms with Gasteiger partial charge in [0.1, 0.15) is 0 Å². The van der Waals surface area contributed by atoms with E-state index in [0.29, 0.717) is 0 Å². The summed E-state index contributed by atoms with van der Waals surface area (Å²) in [5, 5.41) is 4.94. The quantitative estimate of drug-likeness (QED) is 0.606. The summed E-state index contributed by atoms with van der Waals surface area (Å²) >= 11 is 0. The average molecular weight is 282 g/mol. The van der Waals surface area contributed by atoms with Crippen LogP contribution in [0.3, 0.4) is 0 Å². The highest BCUT2D eigenvalue weighted by Crippen LogP contribution is 2.17. The van der Waals surface area contributed by atoms with Crippen LogP contribution in [0.4, 0.5) is 4.79 Å². The molecule has 6 nitrogen and oxygen atoms in total. The van der Waals surface area contributed by atoms with Crippen LogP contribution in [-0.4, -0.2) is 30.1 Å². The zero-order valence-corrected chi connectivity index (χ0v) is 12.0. The third kappa shape index (κ3) is 5.86. The second-order valence-corrected chi connectivity index (χ2v) is 4.88. The van der Waals surface area contributed by atoms with Gasteiger partial charge in [-0.25, -0.2) is 9.59 Å². The predicted octanol–water partition coefficient (Wildman–Crippen LogP) is 1.65. The van der Waals surface area contributed by atoms with E-state index in [1.165, 1.54) is 25.5 Å². The number of carbonyl (C=O) groups excluding carboxylic acids is 3. The minimum absolute atomic E-state index is 0.123. The molecule has 0 aromatic heterocycles.